The number of nitro benzene ring substituents is 1. The number of hydrogen-bond donors (Lipinski definition) is 0. The van der Waals surface area contributed by atoms with Crippen LogP contribution >= 0.6 is 0 Å². The Morgan fingerprint density at radius 2 is 1.71 bits per heavy atom. The van der Waals surface area contributed by atoms with Gasteiger partial charge in [0.2, 0.25) is 0 Å². The van der Waals surface area contributed by atoms with E-state index in [1.165, 1.54) is 30.3 Å². The molecule has 0 heterocycles. The van der Waals surface area contributed by atoms with Gasteiger partial charge in [0.05, 0.1) is 26.7 Å². The Kier molecular flexibility index (Phi) is 6.82. The molecule has 2 aromatic carbocycles. The molecule has 2 aromatic rings. The van der Waals surface area contributed by atoms with Crippen molar-refractivity contribution in [1.29, 1.82) is 0 Å². The minimum absolute atomic E-state index is 0.00936. The molecule has 0 atom stereocenters. The van der Waals surface area contributed by atoms with E-state index in [1.807, 2.05) is 6.92 Å². The summed E-state index contributed by atoms with van der Waals surface area (Å²) >= 11 is 0. The number of para-hydroxylation sites is 1. The van der Waals surface area contributed by atoms with Gasteiger partial charge in [0.25, 0.3) is 5.69 Å². The molecule has 0 N–H and O–H groups in total. The Hall–Kier alpha value is -2.42. The molecule has 2 rings (SSSR count). The summed E-state index contributed by atoms with van der Waals surface area (Å²) in [5, 5.41) is 11.2. The largest absolute Gasteiger partial charge is 0.417 e. The van der Waals surface area contributed by atoms with Crippen LogP contribution in [0.15, 0.2) is 47.4 Å². The van der Waals surface area contributed by atoms with Gasteiger partial charge >= 0.3 is 6.18 Å². The lowest BCUT2D eigenvalue weighted by molar-refractivity contribution is -0.384. The third-order valence-electron chi connectivity index (χ3n) is 4.30. The number of sulfone groups is 1. The van der Waals surface area contributed by atoms with Gasteiger partial charge in [-0.15, -0.1) is 0 Å². The summed E-state index contributed by atoms with van der Waals surface area (Å²) in [5.41, 5.74) is -1.74. The van der Waals surface area contributed by atoms with Crippen LogP contribution in [0.4, 0.5) is 18.9 Å². The van der Waals surface area contributed by atoms with Gasteiger partial charge in [-0.25, -0.2) is 8.42 Å². The molecular formula is C19H20F3NO4S. The first-order valence-electron chi connectivity index (χ1n) is 8.75. The van der Waals surface area contributed by atoms with Crippen LogP contribution in [0.2, 0.25) is 0 Å². The molecule has 152 valence electrons. The van der Waals surface area contributed by atoms with E-state index in [-0.39, 0.29) is 29.0 Å². The molecule has 0 radical (unpaired) electrons. The highest BCUT2D eigenvalue weighted by Crippen LogP contribution is 2.39. The molecule has 0 aromatic heterocycles. The number of nitrogens with zero attached hydrogens (tertiary/aromatic N) is 1. The Balaban J connectivity index is 2.53. The first-order chi connectivity index (χ1) is 13.1. The average Bonchev–Trinajstić information content (AvgIpc) is 2.64. The molecule has 0 saturated heterocycles. The quantitative estimate of drug-likeness (QED) is 0.318. The molecule has 0 aliphatic heterocycles. The van der Waals surface area contributed by atoms with Crippen LogP contribution < -0.4 is 0 Å². The third-order valence-corrected chi connectivity index (χ3v) is 6.15. The number of nitro groups is 1. The van der Waals surface area contributed by atoms with Gasteiger partial charge in [-0.1, -0.05) is 44.4 Å². The van der Waals surface area contributed by atoms with Crippen molar-refractivity contribution in [1.82, 2.24) is 0 Å². The second kappa shape index (κ2) is 8.72. The van der Waals surface area contributed by atoms with E-state index in [2.05, 4.69) is 0 Å². The summed E-state index contributed by atoms with van der Waals surface area (Å²) in [6.45, 7) is 1.94. The van der Waals surface area contributed by atoms with Crippen LogP contribution in [0.3, 0.4) is 0 Å². The first kappa shape index (κ1) is 21.9. The van der Waals surface area contributed by atoms with Crippen molar-refractivity contribution in [2.24, 2.45) is 0 Å². The summed E-state index contributed by atoms with van der Waals surface area (Å²) in [7, 11) is -4.13. The summed E-state index contributed by atoms with van der Waals surface area (Å²) in [5.74, 6) is -0.374. The smallest absolute Gasteiger partial charge is 0.258 e. The van der Waals surface area contributed by atoms with Crippen LogP contribution in [0, 0.1) is 10.1 Å². The highest BCUT2D eigenvalue weighted by Gasteiger charge is 2.37. The van der Waals surface area contributed by atoms with Crippen molar-refractivity contribution in [3.05, 3.63) is 58.1 Å². The molecule has 0 unspecified atom stereocenters. The molecule has 0 amide bonds. The minimum atomic E-state index is -4.91. The fraction of sp³-hybridized carbons (Fsp3) is 0.368. The van der Waals surface area contributed by atoms with E-state index in [4.69, 9.17) is 0 Å². The number of benzene rings is 2. The summed E-state index contributed by atoms with van der Waals surface area (Å²) in [6, 6.07) is 8.12. The fourth-order valence-electron chi connectivity index (χ4n) is 2.90. The van der Waals surface area contributed by atoms with Crippen molar-refractivity contribution in [3.8, 4) is 11.1 Å². The van der Waals surface area contributed by atoms with Gasteiger partial charge in [0.15, 0.2) is 9.84 Å². The predicted octanol–water partition coefficient (Wildman–Crippen LogP) is 5.63. The Labute approximate surface area is 161 Å². The van der Waals surface area contributed by atoms with E-state index in [0.29, 0.717) is 12.5 Å². The maximum absolute atomic E-state index is 13.6. The molecule has 0 bridgehead atoms. The average molecular weight is 415 g/mol. The number of rotatable bonds is 8. The molecule has 9 heteroatoms. The zero-order chi connectivity index (χ0) is 20.9. The van der Waals surface area contributed by atoms with Gasteiger partial charge in [0, 0.05) is 6.07 Å². The van der Waals surface area contributed by atoms with Gasteiger partial charge < -0.3 is 0 Å². The number of hydrogen-bond acceptors (Lipinski definition) is 4. The molecule has 0 fully saturated rings. The SMILES string of the molecule is CCCCCCS(=O)(=O)c1ccc(-c2ccccc2[N+](=O)[O-])cc1C(F)(F)F. The molecule has 0 aliphatic rings. The van der Waals surface area contributed by atoms with Crippen molar-refractivity contribution in [2.75, 3.05) is 5.75 Å². The number of unbranched alkanes of at least 4 members (excludes halogenated alkanes) is 3. The fourth-order valence-corrected chi connectivity index (χ4v) is 4.49. The van der Waals surface area contributed by atoms with E-state index < -0.39 is 31.4 Å². The standard InChI is InChI=1S/C19H20F3NO4S/c1-2-3-4-7-12-28(26,27)18-11-10-14(13-16(18)19(20,21)22)15-8-5-6-9-17(15)23(24)25/h5-6,8-11,13H,2-4,7,12H2,1H3. The van der Waals surface area contributed by atoms with Crippen molar-refractivity contribution in [2.45, 2.75) is 43.7 Å². The van der Waals surface area contributed by atoms with Crippen LogP contribution in [-0.2, 0) is 16.0 Å². The van der Waals surface area contributed by atoms with Gasteiger partial charge in [-0.2, -0.15) is 13.2 Å². The Morgan fingerprint density at radius 1 is 1.04 bits per heavy atom. The van der Waals surface area contributed by atoms with Gasteiger partial charge in [-0.05, 0) is 30.2 Å². The molecular weight excluding hydrogens is 395 g/mol. The Bertz CT molecular complexity index is 956. The van der Waals surface area contributed by atoms with Gasteiger partial charge in [0.1, 0.15) is 0 Å². The van der Waals surface area contributed by atoms with Crippen LogP contribution in [0.5, 0.6) is 0 Å². The van der Waals surface area contributed by atoms with Crippen LogP contribution in [0.1, 0.15) is 38.2 Å². The zero-order valence-corrected chi connectivity index (χ0v) is 16.0. The van der Waals surface area contributed by atoms with Crippen molar-refractivity contribution in [3.63, 3.8) is 0 Å². The highest BCUT2D eigenvalue weighted by atomic mass is 32.2. The maximum Gasteiger partial charge on any atom is 0.417 e. The molecule has 28 heavy (non-hydrogen) atoms. The lowest BCUT2D eigenvalue weighted by atomic mass is 10.0. The van der Waals surface area contributed by atoms with Crippen molar-refractivity contribution < 1.29 is 26.5 Å². The molecule has 0 aliphatic carbocycles. The molecule has 0 spiro atoms. The zero-order valence-electron chi connectivity index (χ0n) is 15.2. The highest BCUT2D eigenvalue weighted by molar-refractivity contribution is 7.91. The monoisotopic (exact) mass is 415 g/mol. The topological polar surface area (TPSA) is 77.3 Å². The van der Waals surface area contributed by atoms with Crippen molar-refractivity contribution >= 4 is 15.5 Å². The van der Waals surface area contributed by atoms with Crippen LogP contribution in [0.25, 0.3) is 11.1 Å². The van der Waals surface area contributed by atoms with E-state index in [0.717, 1.165) is 18.9 Å². The molecule has 0 saturated carbocycles. The van der Waals surface area contributed by atoms with E-state index in [9.17, 15) is 31.7 Å². The molecule has 5 nitrogen and oxygen atoms in total. The summed E-state index contributed by atoms with van der Waals surface area (Å²) in [4.78, 5) is 9.68. The normalized spacial score (nSPS) is 12.1. The second-order valence-electron chi connectivity index (χ2n) is 6.36. The van der Waals surface area contributed by atoms with E-state index >= 15 is 0 Å². The van der Waals surface area contributed by atoms with E-state index in [1.54, 1.807) is 0 Å². The lowest BCUT2D eigenvalue weighted by Crippen LogP contribution is -2.16. The van der Waals surface area contributed by atoms with Gasteiger partial charge in [-0.3, -0.25) is 10.1 Å². The summed E-state index contributed by atoms with van der Waals surface area (Å²) in [6.07, 6.45) is -2.34. The minimum Gasteiger partial charge on any atom is -0.258 e. The first-order valence-corrected chi connectivity index (χ1v) is 10.4. The number of halogens is 3. The summed E-state index contributed by atoms with van der Waals surface area (Å²) < 4.78 is 65.7. The Morgan fingerprint density at radius 3 is 2.32 bits per heavy atom. The predicted molar refractivity (Wildman–Crippen MR) is 99.7 cm³/mol. The third kappa shape index (κ3) is 5.09. The lowest BCUT2D eigenvalue weighted by Gasteiger charge is -2.15. The number of alkyl halides is 3. The second-order valence-corrected chi connectivity index (χ2v) is 8.44. The van der Waals surface area contributed by atoms with Crippen LogP contribution in [-0.4, -0.2) is 19.1 Å². The maximum atomic E-state index is 13.6.